The molecule has 132 valence electrons. The number of fused-ring (bicyclic) bond motifs is 3. The highest BCUT2D eigenvalue weighted by molar-refractivity contribution is 6.12. The first kappa shape index (κ1) is 15.4. The molecule has 0 atom stereocenters. The van der Waals surface area contributed by atoms with Crippen molar-refractivity contribution in [3.8, 4) is 11.1 Å². The summed E-state index contributed by atoms with van der Waals surface area (Å²) in [5.74, 6) is 0.941. The molecule has 4 aromatic rings. The lowest BCUT2D eigenvalue weighted by atomic mass is 9.95. The molecule has 1 aliphatic rings. The number of aromatic amines is 1. The van der Waals surface area contributed by atoms with Crippen molar-refractivity contribution >= 4 is 27.8 Å². The first-order chi connectivity index (χ1) is 12.8. The first-order valence-electron chi connectivity index (χ1n) is 9.30. The van der Waals surface area contributed by atoms with Crippen LogP contribution in [0.1, 0.15) is 32.1 Å². The fraction of sp³-hybridized carbons (Fsp3) is 0.350. The molecule has 5 rings (SSSR count). The molecule has 2 N–H and O–H groups in total. The van der Waals surface area contributed by atoms with E-state index >= 15 is 0 Å². The van der Waals surface area contributed by atoms with Crippen molar-refractivity contribution in [2.24, 2.45) is 7.05 Å². The number of aryl methyl sites for hydroxylation is 1. The van der Waals surface area contributed by atoms with E-state index in [1.807, 2.05) is 24.1 Å². The highest BCUT2D eigenvalue weighted by Crippen LogP contribution is 2.33. The molecule has 1 aromatic carbocycles. The number of H-pyrrole nitrogens is 1. The summed E-state index contributed by atoms with van der Waals surface area (Å²) in [5, 5.41) is 10.2. The van der Waals surface area contributed by atoms with Gasteiger partial charge in [-0.3, -0.25) is 4.68 Å². The lowest BCUT2D eigenvalue weighted by molar-refractivity contribution is 0.462. The van der Waals surface area contributed by atoms with Crippen molar-refractivity contribution in [3.63, 3.8) is 0 Å². The van der Waals surface area contributed by atoms with Crippen LogP contribution < -0.4 is 5.32 Å². The van der Waals surface area contributed by atoms with Gasteiger partial charge in [-0.15, -0.1) is 0 Å². The van der Waals surface area contributed by atoms with E-state index in [-0.39, 0.29) is 0 Å². The first-order valence-corrected chi connectivity index (χ1v) is 9.30. The van der Waals surface area contributed by atoms with Crippen LogP contribution in [0.5, 0.6) is 0 Å². The third kappa shape index (κ3) is 2.62. The zero-order valence-electron chi connectivity index (χ0n) is 14.9. The lowest BCUT2D eigenvalue weighted by Gasteiger charge is -2.23. The molecule has 1 aliphatic carbocycles. The summed E-state index contributed by atoms with van der Waals surface area (Å²) in [5.41, 5.74) is 4.23. The third-order valence-electron chi connectivity index (χ3n) is 5.37. The maximum absolute atomic E-state index is 4.57. The van der Waals surface area contributed by atoms with Gasteiger partial charge in [0.15, 0.2) is 0 Å². The molecule has 0 unspecified atom stereocenters. The molecule has 0 spiro atoms. The van der Waals surface area contributed by atoms with Crippen LogP contribution >= 0.6 is 0 Å². The van der Waals surface area contributed by atoms with Crippen LogP contribution in [-0.4, -0.2) is 30.8 Å². The summed E-state index contributed by atoms with van der Waals surface area (Å²) in [6.45, 7) is 0. The van der Waals surface area contributed by atoms with E-state index in [1.54, 1.807) is 6.33 Å². The van der Waals surface area contributed by atoms with Crippen LogP contribution in [-0.2, 0) is 7.05 Å². The molecule has 3 aromatic heterocycles. The second-order valence-corrected chi connectivity index (χ2v) is 7.21. The molecule has 0 amide bonds. The van der Waals surface area contributed by atoms with Crippen molar-refractivity contribution < 1.29 is 0 Å². The summed E-state index contributed by atoms with van der Waals surface area (Å²) in [6.07, 6.45) is 11.9. The molecule has 26 heavy (non-hydrogen) atoms. The Morgan fingerprint density at radius 2 is 2.00 bits per heavy atom. The van der Waals surface area contributed by atoms with Crippen LogP contribution in [0.15, 0.2) is 36.9 Å². The molecular formula is C20H22N6. The SMILES string of the molecule is Cn1cc(-c2ccc3[nH]c4ncnc(NC5CCCCC5)c4c3c2)cn1. The molecule has 6 heteroatoms. The van der Waals surface area contributed by atoms with Crippen LogP contribution in [0.3, 0.4) is 0 Å². The van der Waals surface area contributed by atoms with Gasteiger partial charge in [0.25, 0.3) is 0 Å². The summed E-state index contributed by atoms with van der Waals surface area (Å²) >= 11 is 0. The van der Waals surface area contributed by atoms with E-state index in [9.17, 15) is 0 Å². The normalized spacial score (nSPS) is 15.7. The van der Waals surface area contributed by atoms with E-state index < -0.39 is 0 Å². The number of hydrogen-bond acceptors (Lipinski definition) is 4. The van der Waals surface area contributed by atoms with Gasteiger partial charge in [-0.2, -0.15) is 5.10 Å². The lowest BCUT2D eigenvalue weighted by Crippen LogP contribution is -2.22. The predicted molar refractivity (Wildman–Crippen MR) is 104 cm³/mol. The van der Waals surface area contributed by atoms with Crippen molar-refractivity contribution in [3.05, 3.63) is 36.9 Å². The number of aromatic nitrogens is 5. The number of rotatable bonds is 3. The van der Waals surface area contributed by atoms with Crippen LogP contribution in [0.2, 0.25) is 0 Å². The van der Waals surface area contributed by atoms with Crippen LogP contribution in [0.4, 0.5) is 5.82 Å². The summed E-state index contributed by atoms with van der Waals surface area (Å²) in [7, 11) is 1.94. The molecule has 0 saturated heterocycles. The fourth-order valence-electron chi connectivity index (χ4n) is 4.02. The van der Waals surface area contributed by atoms with Gasteiger partial charge in [0.1, 0.15) is 17.8 Å². The van der Waals surface area contributed by atoms with Crippen molar-refractivity contribution in [2.75, 3.05) is 5.32 Å². The average molecular weight is 346 g/mol. The van der Waals surface area contributed by atoms with Crippen LogP contribution in [0, 0.1) is 0 Å². The molecule has 1 saturated carbocycles. The van der Waals surface area contributed by atoms with E-state index in [0.717, 1.165) is 38.9 Å². The van der Waals surface area contributed by atoms with Gasteiger partial charge in [0.2, 0.25) is 0 Å². The van der Waals surface area contributed by atoms with Gasteiger partial charge in [-0.05, 0) is 30.5 Å². The molecule has 0 radical (unpaired) electrons. The number of anilines is 1. The smallest absolute Gasteiger partial charge is 0.143 e. The Hall–Kier alpha value is -2.89. The number of benzene rings is 1. The van der Waals surface area contributed by atoms with E-state index in [2.05, 4.69) is 43.6 Å². The molecule has 6 nitrogen and oxygen atoms in total. The topological polar surface area (TPSA) is 71.4 Å². The Kier molecular flexibility index (Phi) is 3.62. The maximum Gasteiger partial charge on any atom is 0.143 e. The molecular weight excluding hydrogens is 324 g/mol. The van der Waals surface area contributed by atoms with Gasteiger partial charge in [0, 0.05) is 35.8 Å². The van der Waals surface area contributed by atoms with Gasteiger partial charge in [-0.1, -0.05) is 25.3 Å². The Labute approximate surface area is 151 Å². The van der Waals surface area contributed by atoms with E-state index in [0.29, 0.717) is 6.04 Å². The Bertz CT molecular complexity index is 1070. The molecule has 1 fully saturated rings. The Morgan fingerprint density at radius 3 is 2.81 bits per heavy atom. The van der Waals surface area contributed by atoms with Gasteiger partial charge in [-0.25, -0.2) is 9.97 Å². The Morgan fingerprint density at radius 1 is 1.12 bits per heavy atom. The third-order valence-corrected chi connectivity index (χ3v) is 5.37. The molecule has 3 heterocycles. The van der Waals surface area contributed by atoms with E-state index in [1.165, 1.54) is 32.1 Å². The number of hydrogen-bond donors (Lipinski definition) is 2. The summed E-state index contributed by atoms with van der Waals surface area (Å²) < 4.78 is 1.83. The molecule has 0 bridgehead atoms. The largest absolute Gasteiger partial charge is 0.367 e. The minimum Gasteiger partial charge on any atom is -0.367 e. The quantitative estimate of drug-likeness (QED) is 0.581. The van der Waals surface area contributed by atoms with Crippen LogP contribution in [0.25, 0.3) is 33.1 Å². The van der Waals surface area contributed by atoms with Crippen molar-refractivity contribution in [2.45, 2.75) is 38.1 Å². The average Bonchev–Trinajstić information content (AvgIpc) is 3.26. The maximum atomic E-state index is 4.57. The number of nitrogens with one attached hydrogen (secondary N) is 2. The predicted octanol–water partition coefficient (Wildman–Crippen LogP) is 4.26. The zero-order valence-corrected chi connectivity index (χ0v) is 14.9. The fourth-order valence-corrected chi connectivity index (χ4v) is 4.02. The zero-order chi connectivity index (χ0) is 17.5. The van der Waals surface area contributed by atoms with Gasteiger partial charge < -0.3 is 10.3 Å². The standard InChI is InChI=1S/C20H22N6/c1-26-11-14(10-23-26)13-7-8-17-16(9-13)18-19(21-12-22-20(18)25-17)24-15-5-3-2-4-6-15/h7-12,15H,2-6H2,1H3,(H2,21,22,24,25). The minimum absolute atomic E-state index is 0.508. The minimum atomic E-state index is 0.508. The van der Waals surface area contributed by atoms with Crippen molar-refractivity contribution in [1.29, 1.82) is 0 Å². The van der Waals surface area contributed by atoms with Gasteiger partial charge in [0.05, 0.1) is 11.6 Å². The highest BCUT2D eigenvalue weighted by Gasteiger charge is 2.17. The number of nitrogens with zero attached hydrogens (tertiary/aromatic N) is 4. The summed E-state index contributed by atoms with van der Waals surface area (Å²) in [6, 6.07) is 6.95. The van der Waals surface area contributed by atoms with E-state index in [4.69, 9.17) is 0 Å². The van der Waals surface area contributed by atoms with Crippen molar-refractivity contribution in [1.82, 2.24) is 24.7 Å². The summed E-state index contributed by atoms with van der Waals surface area (Å²) in [4.78, 5) is 12.5. The van der Waals surface area contributed by atoms with Gasteiger partial charge >= 0.3 is 0 Å². The molecule has 0 aliphatic heterocycles. The second-order valence-electron chi connectivity index (χ2n) is 7.21. The monoisotopic (exact) mass is 346 g/mol. The highest BCUT2D eigenvalue weighted by atomic mass is 15.2. The Balaban J connectivity index is 1.63. The second kappa shape index (κ2) is 6.12.